The number of rotatable bonds is 6. The molecule has 0 saturated carbocycles. The van der Waals surface area contributed by atoms with Crippen molar-refractivity contribution in [2.75, 3.05) is 0 Å². The summed E-state index contributed by atoms with van der Waals surface area (Å²) in [5.41, 5.74) is 2.21. The van der Waals surface area contributed by atoms with Gasteiger partial charge in [0.1, 0.15) is 5.70 Å². The third kappa shape index (κ3) is 2.77. The number of carboxylic acids is 1. The average Bonchev–Trinajstić information content (AvgIpc) is 3.09. The lowest BCUT2D eigenvalue weighted by atomic mass is 9.83. The Morgan fingerprint density at radius 1 is 1.62 bits per heavy atom. The first-order chi connectivity index (χ1) is 11.5. The van der Waals surface area contributed by atoms with E-state index in [1.54, 1.807) is 23.9 Å². The molecule has 1 amide bonds. The molecule has 1 aromatic rings. The van der Waals surface area contributed by atoms with Gasteiger partial charge in [0.05, 0.1) is 40.8 Å². The molecule has 0 unspecified atom stereocenters. The summed E-state index contributed by atoms with van der Waals surface area (Å²) in [6.45, 7) is 1.39. The van der Waals surface area contributed by atoms with Crippen molar-refractivity contribution in [2.45, 2.75) is 32.1 Å². The average molecular weight is 368 g/mol. The van der Waals surface area contributed by atoms with Crippen LogP contribution in [0.15, 0.2) is 21.5 Å². The zero-order valence-corrected chi connectivity index (χ0v) is 14.4. The van der Waals surface area contributed by atoms with E-state index in [1.165, 1.54) is 28.0 Å². The molecule has 2 aliphatic heterocycles. The molecule has 0 aromatic carbocycles. The van der Waals surface area contributed by atoms with Gasteiger partial charge in [-0.25, -0.2) is 9.78 Å². The first-order valence-electron chi connectivity index (χ1n) is 7.29. The van der Waals surface area contributed by atoms with Gasteiger partial charge in [0.25, 0.3) is 0 Å². The largest absolute Gasteiger partial charge is 0.477 e. The molecular weight excluding hydrogens is 352 g/mol. The number of thiazole rings is 1. The molecule has 0 bridgehead atoms. The molecule has 2 aliphatic rings. The highest BCUT2D eigenvalue weighted by atomic mass is 32.2. The maximum atomic E-state index is 12.1. The Labute approximate surface area is 146 Å². The monoisotopic (exact) mass is 368 g/mol. The van der Waals surface area contributed by atoms with Crippen molar-refractivity contribution in [2.24, 2.45) is 5.92 Å². The van der Waals surface area contributed by atoms with Crippen LogP contribution in [0.5, 0.6) is 0 Å². The molecule has 128 valence electrons. The third-order valence-electron chi connectivity index (χ3n) is 4.14. The fraction of sp³-hybridized carbons (Fsp3) is 0.400. The summed E-state index contributed by atoms with van der Waals surface area (Å²) >= 11 is 2.62. The van der Waals surface area contributed by atoms with Crippen LogP contribution in [0.25, 0.3) is 6.08 Å². The molecule has 7 nitrogen and oxygen atoms in total. The molecule has 0 aliphatic carbocycles. The van der Waals surface area contributed by atoms with Gasteiger partial charge in [0.2, 0.25) is 5.91 Å². The molecule has 0 spiro atoms. The van der Waals surface area contributed by atoms with E-state index in [2.05, 4.69) is 4.98 Å². The SMILES string of the molecule is C[C@@H](O)[C@H]1C(=O)N2C(C(=O)O)=C(SC=Cc3scnc3CO)C[C@H]12. The van der Waals surface area contributed by atoms with Gasteiger partial charge in [0.15, 0.2) is 0 Å². The smallest absolute Gasteiger partial charge is 0.353 e. The van der Waals surface area contributed by atoms with E-state index in [0.717, 1.165) is 4.88 Å². The number of aliphatic carboxylic acids is 1. The number of β-lactam (4-membered cyclic amide) rings is 1. The molecule has 3 rings (SSSR count). The van der Waals surface area contributed by atoms with Crippen molar-refractivity contribution < 1.29 is 24.9 Å². The van der Waals surface area contributed by atoms with E-state index >= 15 is 0 Å². The van der Waals surface area contributed by atoms with Crippen LogP contribution in [0, 0.1) is 5.92 Å². The number of aromatic nitrogens is 1. The molecule has 1 aromatic heterocycles. The topological polar surface area (TPSA) is 111 Å². The second-order valence-electron chi connectivity index (χ2n) is 5.57. The number of hydrogen-bond donors (Lipinski definition) is 3. The van der Waals surface area contributed by atoms with Crippen LogP contribution in [0.3, 0.4) is 0 Å². The highest BCUT2D eigenvalue weighted by Gasteiger charge is 2.56. The highest BCUT2D eigenvalue weighted by Crippen LogP contribution is 2.47. The summed E-state index contributed by atoms with van der Waals surface area (Å²) in [6.07, 6.45) is 1.40. The Morgan fingerprint density at radius 3 is 3.00 bits per heavy atom. The van der Waals surface area contributed by atoms with Crippen molar-refractivity contribution >= 4 is 41.1 Å². The molecular formula is C15H16N2O5S2. The Morgan fingerprint density at radius 2 is 2.38 bits per heavy atom. The van der Waals surface area contributed by atoms with Gasteiger partial charge in [-0.15, -0.1) is 11.3 Å². The van der Waals surface area contributed by atoms with E-state index in [9.17, 15) is 19.8 Å². The van der Waals surface area contributed by atoms with Crippen LogP contribution in [0.4, 0.5) is 0 Å². The predicted octanol–water partition coefficient (Wildman–Crippen LogP) is 1.25. The Kier molecular flexibility index (Phi) is 4.77. The lowest BCUT2D eigenvalue weighted by Gasteiger charge is -2.44. The number of aliphatic hydroxyl groups is 2. The maximum absolute atomic E-state index is 12.1. The third-order valence-corrected chi connectivity index (χ3v) is 5.90. The van der Waals surface area contributed by atoms with Crippen LogP contribution >= 0.6 is 23.1 Å². The molecule has 3 heterocycles. The minimum Gasteiger partial charge on any atom is -0.477 e. The van der Waals surface area contributed by atoms with E-state index in [1.807, 2.05) is 0 Å². The normalized spacial score (nSPS) is 24.5. The highest BCUT2D eigenvalue weighted by molar-refractivity contribution is 8.06. The van der Waals surface area contributed by atoms with Gasteiger partial charge in [-0.2, -0.15) is 0 Å². The zero-order chi connectivity index (χ0) is 17.4. The Hall–Kier alpha value is -1.68. The fourth-order valence-corrected chi connectivity index (χ4v) is 4.76. The summed E-state index contributed by atoms with van der Waals surface area (Å²) in [5, 5.41) is 30.0. The number of amides is 1. The second-order valence-corrected chi connectivity index (χ2v) is 7.45. The first kappa shape index (κ1) is 17.2. The molecule has 9 heteroatoms. The number of carbonyl (C=O) groups excluding carboxylic acids is 1. The molecule has 0 radical (unpaired) electrons. The standard InChI is InChI=1S/C15H16N2O5S2/c1-7(19)12-9-4-11(13(15(21)22)17(9)14(12)20)23-3-2-10-8(5-18)16-6-24-10/h2-3,6-7,9,12,18-19H,4-5H2,1H3,(H,21,22)/t7-,9-,12-/m1/s1. The molecule has 1 fully saturated rings. The van der Waals surface area contributed by atoms with Crippen LogP contribution in [-0.2, 0) is 16.2 Å². The van der Waals surface area contributed by atoms with Crippen molar-refractivity contribution in [3.63, 3.8) is 0 Å². The first-order valence-corrected chi connectivity index (χ1v) is 9.05. The van der Waals surface area contributed by atoms with Crippen molar-refractivity contribution in [3.8, 4) is 0 Å². The zero-order valence-electron chi connectivity index (χ0n) is 12.7. The quantitative estimate of drug-likeness (QED) is 0.648. The van der Waals surface area contributed by atoms with Crippen LogP contribution in [0.1, 0.15) is 23.9 Å². The summed E-state index contributed by atoms with van der Waals surface area (Å²) in [5.74, 6) is -2.01. The van der Waals surface area contributed by atoms with Crippen LogP contribution in [0.2, 0.25) is 0 Å². The minimum absolute atomic E-state index is 0.00300. The van der Waals surface area contributed by atoms with Gasteiger partial charge in [-0.05, 0) is 18.4 Å². The number of fused-ring (bicyclic) bond motifs is 1. The van der Waals surface area contributed by atoms with Crippen LogP contribution in [-0.4, -0.2) is 49.2 Å². The van der Waals surface area contributed by atoms with Crippen molar-refractivity contribution in [1.29, 1.82) is 0 Å². The number of carboxylic acid groups (broad SMARTS) is 1. The molecule has 1 saturated heterocycles. The van der Waals surface area contributed by atoms with Gasteiger partial charge in [-0.3, -0.25) is 4.79 Å². The maximum Gasteiger partial charge on any atom is 0.353 e. The minimum atomic E-state index is -1.14. The summed E-state index contributed by atoms with van der Waals surface area (Å²) in [7, 11) is 0. The van der Waals surface area contributed by atoms with Crippen molar-refractivity contribution in [3.05, 3.63) is 32.1 Å². The fourth-order valence-electron chi connectivity index (χ4n) is 3.05. The second kappa shape index (κ2) is 6.67. The molecule has 24 heavy (non-hydrogen) atoms. The van der Waals surface area contributed by atoms with Gasteiger partial charge >= 0.3 is 5.97 Å². The summed E-state index contributed by atoms with van der Waals surface area (Å²) in [6, 6.07) is -0.282. The molecule has 3 atom stereocenters. The van der Waals surface area contributed by atoms with Gasteiger partial charge in [0, 0.05) is 11.3 Å². The van der Waals surface area contributed by atoms with Gasteiger partial charge in [-0.1, -0.05) is 11.8 Å². The Bertz CT molecular complexity index is 740. The summed E-state index contributed by atoms with van der Waals surface area (Å²) < 4.78 is 0. The number of aliphatic hydroxyl groups excluding tert-OH is 2. The number of carbonyl (C=O) groups is 2. The molecule has 3 N–H and O–H groups in total. The number of thioether (sulfide) groups is 1. The van der Waals surface area contributed by atoms with Crippen molar-refractivity contribution in [1.82, 2.24) is 9.88 Å². The van der Waals surface area contributed by atoms with E-state index in [-0.39, 0.29) is 24.3 Å². The van der Waals surface area contributed by atoms with E-state index in [0.29, 0.717) is 17.0 Å². The van der Waals surface area contributed by atoms with Gasteiger partial charge < -0.3 is 20.2 Å². The number of nitrogens with zero attached hydrogens (tertiary/aromatic N) is 2. The predicted molar refractivity (Wildman–Crippen MR) is 89.7 cm³/mol. The van der Waals surface area contributed by atoms with E-state index in [4.69, 9.17) is 5.11 Å². The van der Waals surface area contributed by atoms with Crippen LogP contribution < -0.4 is 0 Å². The lowest BCUT2D eigenvalue weighted by Crippen LogP contribution is -2.61. The summed E-state index contributed by atoms with van der Waals surface area (Å²) in [4.78, 5) is 30.3. The van der Waals surface area contributed by atoms with E-state index < -0.39 is 18.0 Å². The Balaban J connectivity index is 1.78. The number of hydrogen-bond acceptors (Lipinski definition) is 7. The lowest BCUT2D eigenvalue weighted by molar-refractivity contribution is -0.161.